The third kappa shape index (κ3) is 3.19. The molecule has 1 heterocycles. The van der Waals surface area contributed by atoms with E-state index in [-0.39, 0.29) is 23.7 Å². The molecule has 2 N–H and O–H groups in total. The Hall–Kier alpha value is -2.15. The molecule has 1 aliphatic rings. The van der Waals surface area contributed by atoms with Gasteiger partial charge in [0.25, 0.3) is 5.91 Å². The number of imide groups is 1. The van der Waals surface area contributed by atoms with Crippen LogP contribution in [0.4, 0.5) is 14.9 Å². The maximum absolute atomic E-state index is 13.7. The van der Waals surface area contributed by atoms with Crippen LogP contribution in [0.1, 0.15) is 20.3 Å². The fourth-order valence-electron chi connectivity index (χ4n) is 2.05. The summed E-state index contributed by atoms with van der Waals surface area (Å²) in [6.45, 7) is 3.07. The minimum atomic E-state index is -0.980. The Morgan fingerprint density at radius 2 is 2.09 bits per heavy atom. The van der Waals surface area contributed by atoms with Gasteiger partial charge in [-0.25, -0.2) is 9.18 Å². The molecule has 1 fully saturated rings. The zero-order valence-electron chi connectivity index (χ0n) is 12.1. The standard InChI is InChI=1S/C14H15ClFN3O3/c1-14(2)12(21)19(13(22)18-14)7-6-10(20)17-9-5-3-4-8(15)11(9)16/h3-5H,6-7H2,1-2H3,(H,17,20)(H,18,22). The van der Waals surface area contributed by atoms with E-state index in [1.165, 1.54) is 18.2 Å². The van der Waals surface area contributed by atoms with Crippen LogP contribution in [-0.2, 0) is 9.59 Å². The Morgan fingerprint density at radius 1 is 1.41 bits per heavy atom. The van der Waals surface area contributed by atoms with Crippen molar-refractivity contribution in [3.8, 4) is 0 Å². The lowest BCUT2D eigenvalue weighted by Crippen LogP contribution is -2.40. The monoisotopic (exact) mass is 327 g/mol. The molecule has 8 heteroatoms. The van der Waals surface area contributed by atoms with Crippen molar-refractivity contribution in [3.05, 3.63) is 29.0 Å². The van der Waals surface area contributed by atoms with Crippen LogP contribution in [0.2, 0.25) is 5.02 Å². The normalized spacial score (nSPS) is 16.6. The Morgan fingerprint density at radius 3 is 2.68 bits per heavy atom. The van der Waals surface area contributed by atoms with E-state index in [0.29, 0.717) is 0 Å². The second kappa shape index (κ2) is 5.92. The van der Waals surface area contributed by atoms with Crippen LogP contribution in [0.3, 0.4) is 0 Å². The van der Waals surface area contributed by atoms with Crippen LogP contribution >= 0.6 is 11.6 Å². The average Bonchev–Trinajstić information content (AvgIpc) is 2.62. The minimum absolute atomic E-state index is 0.0463. The fourth-order valence-corrected chi connectivity index (χ4v) is 2.22. The number of halogens is 2. The number of nitrogens with one attached hydrogen (secondary N) is 2. The number of rotatable bonds is 4. The van der Waals surface area contributed by atoms with Gasteiger partial charge in [-0.2, -0.15) is 0 Å². The number of anilines is 1. The SMILES string of the molecule is CC1(C)NC(=O)N(CCC(=O)Nc2cccc(Cl)c2F)C1=O. The molecule has 0 atom stereocenters. The summed E-state index contributed by atoms with van der Waals surface area (Å²) in [5.74, 6) is -1.65. The van der Waals surface area contributed by atoms with Crippen LogP contribution in [0, 0.1) is 5.82 Å². The molecule has 1 aromatic carbocycles. The molecule has 0 saturated carbocycles. The minimum Gasteiger partial charge on any atom is -0.324 e. The molecule has 0 aromatic heterocycles. The first-order valence-electron chi connectivity index (χ1n) is 6.60. The van der Waals surface area contributed by atoms with Crippen LogP contribution in [0.15, 0.2) is 18.2 Å². The van der Waals surface area contributed by atoms with Gasteiger partial charge >= 0.3 is 6.03 Å². The summed E-state index contributed by atoms with van der Waals surface area (Å²) < 4.78 is 13.7. The zero-order chi connectivity index (χ0) is 16.5. The van der Waals surface area contributed by atoms with E-state index in [9.17, 15) is 18.8 Å². The first-order valence-corrected chi connectivity index (χ1v) is 6.98. The van der Waals surface area contributed by atoms with Crippen molar-refractivity contribution in [2.45, 2.75) is 25.8 Å². The Balaban J connectivity index is 1.95. The number of carbonyl (C=O) groups is 3. The second-order valence-electron chi connectivity index (χ2n) is 5.41. The van der Waals surface area contributed by atoms with Crippen molar-refractivity contribution in [1.82, 2.24) is 10.2 Å². The molecule has 0 unspecified atom stereocenters. The second-order valence-corrected chi connectivity index (χ2v) is 5.82. The summed E-state index contributed by atoms with van der Waals surface area (Å²) in [6.07, 6.45) is -0.138. The number of hydrogen-bond acceptors (Lipinski definition) is 3. The van der Waals surface area contributed by atoms with Gasteiger partial charge in [-0.05, 0) is 26.0 Å². The summed E-state index contributed by atoms with van der Waals surface area (Å²) in [4.78, 5) is 36.4. The van der Waals surface area contributed by atoms with Gasteiger partial charge in [0.15, 0.2) is 5.82 Å². The lowest BCUT2D eigenvalue weighted by molar-refractivity contribution is -0.130. The van der Waals surface area contributed by atoms with Gasteiger partial charge < -0.3 is 10.6 Å². The van der Waals surface area contributed by atoms with Crippen LogP contribution in [0.5, 0.6) is 0 Å². The predicted molar refractivity (Wildman–Crippen MR) is 79.0 cm³/mol. The van der Waals surface area contributed by atoms with Crippen LogP contribution < -0.4 is 10.6 Å². The molecule has 0 spiro atoms. The highest BCUT2D eigenvalue weighted by Gasteiger charge is 2.43. The highest BCUT2D eigenvalue weighted by atomic mass is 35.5. The van der Waals surface area contributed by atoms with Gasteiger partial charge in [0, 0.05) is 13.0 Å². The van der Waals surface area contributed by atoms with E-state index in [1.54, 1.807) is 13.8 Å². The van der Waals surface area contributed by atoms with Crippen molar-refractivity contribution in [2.24, 2.45) is 0 Å². The van der Waals surface area contributed by atoms with E-state index in [0.717, 1.165) is 4.90 Å². The fraction of sp³-hybridized carbons (Fsp3) is 0.357. The van der Waals surface area contributed by atoms with Crippen LogP contribution in [0.25, 0.3) is 0 Å². The number of urea groups is 1. The molecular weight excluding hydrogens is 313 g/mol. The van der Waals surface area contributed by atoms with Gasteiger partial charge in [-0.3, -0.25) is 14.5 Å². The largest absolute Gasteiger partial charge is 0.325 e. The number of amides is 4. The molecule has 1 aliphatic heterocycles. The lowest BCUT2D eigenvalue weighted by Gasteiger charge is -2.15. The van der Waals surface area contributed by atoms with E-state index in [2.05, 4.69) is 10.6 Å². The zero-order valence-corrected chi connectivity index (χ0v) is 12.8. The van der Waals surface area contributed by atoms with Crippen molar-refractivity contribution >= 4 is 35.1 Å². The Bertz CT molecular complexity index is 648. The molecule has 22 heavy (non-hydrogen) atoms. The Kier molecular flexibility index (Phi) is 4.37. The van der Waals surface area contributed by atoms with E-state index in [1.807, 2.05) is 0 Å². The first kappa shape index (κ1) is 16.2. The topological polar surface area (TPSA) is 78.5 Å². The van der Waals surface area contributed by atoms with Gasteiger partial charge in [-0.1, -0.05) is 17.7 Å². The first-order chi connectivity index (χ1) is 10.2. The van der Waals surface area contributed by atoms with E-state index >= 15 is 0 Å². The van der Waals surface area contributed by atoms with E-state index in [4.69, 9.17) is 11.6 Å². The van der Waals surface area contributed by atoms with Crippen LogP contribution in [-0.4, -0.2) is 34.8 Å². The summed E-state index contributed by atoms with van der Waals surface area (Å²) in [5, 5.41) is 4.77. The smallest absolute Gasteiger partial charge is 0.324 e. The molecule has 4 amide bonds. The molecule has 1 aromatic rings. The maximum Gasteiger partial charge on any atom is 0.325 e. The van der Waals surface area contributed by atoms with E-state index < -0.39 is 29.2 Å². The highest BCUT2D eigenvalue weighted by Crippen LogP contribution is 2.22. The highest BCUT2D eigenvalue weighted by molar-refractivity contribution is 6.31. The summed E-state index contributed by atoms with van der Waals surface area (Å²) in [5.41, 5.74) is -1.03. The molecule has 2 rings (SSSR count). The van der Waals surface area contributed by atoms with Gasteiger partial charge in [0.1, 0.15) is 5.54 Å². The molecule has 6 nitrogen and oxygen atoms in total. The summed E-state index contributed by atoms with van der Waals surface area (Å²) >= 11 is 5.62. The molecule has 118 valence electrons. The Labute approximate surface area is 131 Å². The van der Waals surface area contributed by atoms with Gasteiger partial charge in [0.2, 0.25) is 5.91 Å². The van der Waals surface area contributed by atoms with Crippen molar-refractivity contribution < 1.29 is 18.8 Å². The maximum atomic E-state index is 13.7. The number of hydrogen-bond donors (Lipinski definition) is 2. The van der Waals surface area contributed by atoms with Crippen molar-refractivity contribution in [2.75, 3.05) is 11.9 Å². The lowest BCUT2D eigenvalue weighted by atomic mass is 10.1. The third-order valence-electron chi connectivity index (χ3n) is 3.23. The van der Waals surface area contributed by atoms with Gasteiger partial charge in [0.05, 0.1) is 10.7 Å². The molecule has 0 aliphatic carbocycles. The quantitative estimate of drug-likeness (QED) is 0.832. The summed E-state index contributed by atoms with van der Waals surface area (Å²) in [6, 6.07) is 3.69. The average molecular weight is 328 g/mol. The van der Waals surface area contributed by atoms with Crippen molar-refractivity contribution in [1.29, 1.82) is 0 Å². The third-order valence-corrected chi connectivity index (χ3v) is 3.52. The molecule has 0 bridgehead atoms. The number of nitrogens with zero attached hydrogens (tertiary/aromatic N) is 1. The number of benzene rings is 1. The molecule has 1 saturated heterocycles. The number of carbonyl (C=O) groups excluding carboxylic acids is 3. The molecular formula is C14H15ClFN3O3. The molecule has 0 radical (unpaired) electrons. The summed E-state index contributed by atoms with van der Waals surface area (Å²) in [7, 11) is 0. The predicted octanol–water partition coefficient (Wildman–Crippen LogP) is 2.14. The van der Waals surface area contributed by atoms with Crippen molar-refractivity contribution in [3.63, 3.8) is 0 Å². The van der Waals surface area contributed by atoms with Gasteiger partial charge in [-0.15, -0.1) is 0 Å².